The van der Waals surface area contributed by atoms with E-state index >= 15 is 0 Å². The molecule has 8 nitrogen and oxygen atoms in total. The summed E-state index contributed by atoms with van der Waals surface area (Å²) >= 11 is 1.64. The second kappa shape index (κ2) is 25.3. The van der Waals surface area contributed by atoms with E-state index < -0.39 is 43.7 Å². The molecule has 0 bridgehead atoms. The van der Waals surface area contributed by atoms with Crippen LogP contribution in [0.15, 0.2) is 211 Å². The van der Waals surface area contributed by atoms with Crippen molar-refractivity contribution in [3.05, 3.63) is 234 Å². The largest absolute Gasteiger partial charge is 0.404 e. The number of nitrogens with one attached hydrogen (secondary N) is 1. The Hall–Kier alpha value is -5.66. The average Bonchev–Trinajstić information content (AvgIpc) is 3.40. The van der Waals surface area contributed by atoms with Gasteiger partial charge in [0.15, 0.2) is 0 Å². The molecule has 1 aliphatic heterocycles. The van der Waals surface area contributed by atoms with Gasteiger partial charge in [0.2, 0.25) is 5.91 Å². The van der Waals surface area contributed by atoms with Crippen LogP contribution in [-0.2, 0) is 59.3 Å². The van der Waals surface area contributed by atoms with Crippen LogP contribution in [0.5, 0.6) is 0 Å². The second-order valence-corrected chi connectivity index (χ2v) is 25.4. The summed E-state index contributed by atoms with van der Waals surface area (Å²) in [6.07, 6.45) is -2.57. The lowest BCUT2D eigenvalue weighted by Gasteiger charge is -2.52. The minimum absolute atomic E-state index is 0.167. The highest BCUT2D eigenvalue weighted by Gasteiger charge is 2.57. The van der Waals surface area contributed by atoms with Gasteiger partial charge in [0, 0.05) is 18.2 Å². The number of carbonyl (C=O) groups is 1. The molecule has 0 saturated carbocycles. The Morgan fingerprint density at radius 1 is 0.639 bits per heavy atom. The number of amides is 1. The lowest BCUT2D eigenvalue weighted by atomic mass is 9.89. The smallest absolute Gasteiger partial charge is 0.261 e. The number of hydrogen-bond acceptors (Lipinski definition) is 8. The first kappa shape index (κ1) is 52.7. The summed E-state index contributed by atoms with van der Waals surface area (Å²) in [7, 11) is -3.15. The summed E-state index contributed by atoms with van der Waals surface area (Å²) in [6.45, 7) is 12.1. The quantitative estimate of drug-likeness (QED) is 0.0635. The van der Waals surface area contributed by atoms with Crippen molar-refractivity contribution in [1.82, 2.24) is 5.32 Å². The van der Waals surface area contributed by atoms with E-state index in [1.165, 1.54) is 0 Å². The van der Waals surface area contributed by atoms with Crippen molar-refractivity contribution in [1.29, 1.82) is 0 Å². The van der Waals surface area contributed by atoms with Crippen molar-refractivity contribution in [2.75, 3.05) is 13.2 Å². The zero-order chi connectivity index (χ0) is 50.2. The number of hydrogen-bond donors (Lipinski definition) is 1. The summed E-state index contributed by atoms with van der Waals surface area (Å²) in [5, 5.41) is 5.36. The highest BCUT2D eigenvalue weighted by molar-refractivity contribution is 8.00. The van der Waals surface area contributed by atoms with Crippen LogP contribution in [0, 0.1) is 6.92 Å². The van der Waals surface area contributed by atoms with E-state index in [1.54, 1.807) is 18.7 Å². The average molecular weight is 1000 g/mol. The third kappa shape index (κ3) is 13.9. The van der Waals surface area contributed by atoms with Crippen molar-refractivity contribution in [3.63, 3.8) is 0 Å². The first-order chi connectivity index (χ1) is 35.0. The van der Waals surface area contributed by atoms with Crippen LogP contribution in [0.1, 0.15) is 61.9 Å². The zero-order valence-electron chi connectivity index (χ0n) is 42.2. The molecule has 10 heteroatoms. The summed E-state index contributed by atoms with van der Waals surface area (Å²) in [4.78, 5) is 13.6. The summed E-state index contributed by atoms with van der Waals surface area (Å²) in [6, 6.07) is 69.8. The van der Waals surface area contributed by atoms with E-state index in [1.807, 2.05) is 72.8 Å². The number of ether oxygens (including phenoxy) is 5. The normalized spacial score (nSPS) is 19.0. The Bertz CT molecular complexity index is 2640. The topological polar surface area (TPSA) is 84.5 Å². The molecule has 7 aromatic carbocycles. The predicted molar refractivity (Wildman–Crippen MR) is 292 cm³/mol. The Morgan fingerprint density at radius 3 is 1.58 bits per heavy atom. The molecule has 72 heavy (non-hydrogen) atoms. The maximum atomic E-state index is 13.7. The van der Waals surface area contributed by atoms with Crippen LogP contribution in [0.3, 0.4) is 0 Å². The molecule has 374 valence electrons. The maximum absolute atomic E-state index is 13.7. The third-order valence-corrected chi connectivity index (χ3v) is 19.5. The molecule has 0 radical (unpaired) electrons. The van der Waals surface area contributed by atoms with E-state index in [9.17, 15) is 4.79 Å². The fourth-order valence-corrected chi connectivity index (χ4v) is 15.6. The molecule has 1 aliphatic rings. The minimum atomic E-state index is -3.15. The van der Waals surface area contributed by atoms with Crippen molar-refractivity contribution >= 4 is 36.4 Å². The Labute approximate surface area is 432 Å². The highest BCUT2D eigenvalue weighted by atomic mass is 32.2. The molecule has 0 spiro atoms. The van der Waals surface area contributed by atoms with E-state index in [-0.39, 0.29) is 37.4 Å². The molecular weight excluding hydrogens is 931 g/mol. The van der Waals surface area contributed by atoms with Gasteiger partial charge < -0.3 is 33.4 Å². The number of benzene rings is 7. The van der Waals surface area contributed by atoms with Crippen LogP contribution in [-0.4, -0.2) is 62.8 Å². The van der Waals surface area contributed by atoms with Crippen LogP contribution >= 0.6 is 11.8 Å². The van der Waals surface area contributed by atoms with Gasteiger partial charge in [0.05, 0.1) is 51.8 Å². The van der Waals surface area contributed by atoms with Crippen LogP contribution < -0.4 is 15.7 Å². The number of thioether (sulfide) groups is 1. The van der Waals surface area contributed by atoms with Crippen LogP contribution in [0.2, 0.25) is 5.04 Å². The van der Waals surface area contributed by atoms with Crippen molar-refractivity contribution < 1.29 is 32.9 Å². The lowest BCUT2D eigenvalue weighted by Crippen LogP contribution is -2.70. The van der Waals surface area contributed by atoms with Gasteiger partial charge >= 0.3 is 0 Å². The monoisotopic (exact) mass is 999 g/mol. The molecule has 6 atom stereocenters. The number of aryl methyl sites for hydroxylation is 1. The van der Waals surface area contributed by atoms with Crippen LogP contribution in [0.25, 0.3) is 0 Å². The van der Waals surface area contributed by atoms with Gasteiger partial charge in [0.25, 0.3) is 8.32 Å². The summed E-state index contributed by atoms with van der Waals surface area (Å²) in [5.41, 5.74) is 5.18. The van der Waals surface area contributed by atoms with Gasteiger partial charge in [-0.1, -0.05) is 232 Å². The van der Waals surface area contributed by atoms with Gasteiger partial charge in [-0.15, -0.1) is 0 Å². The fraction of sp³-hybridized carbons (Fsp3) is 0.306. The first-order valence-corrected chi connectivity index (χ1v) is 27.8. The molecule has 7 aromatic rings. The van der Waals surface area contributed by atoms with Gasteiger partial charge in [-0.3, -0.25) is 4.79 Å². The maximum Gasteiger partial charge on any atom is 0.261 e. The molecule has 1 heterocycles. The Kier molecular flexibility index (Phi) is 18.5. The molecule has 1 saturated heterocycles. The molecule has 1 N–H and O–H groups in total. The number of carbonyl (C=O) groups excluding carboxylic acids is 1. The van der Waals surface area contributed by atoms with Crippen molar-refractivity contribution in [2.45, 2.75) is 113 Å². The molecule has 0 aliphatic carbocycles. The SMILES string of the molecule is CC(=O)N[C@H]1[C@H]([C@H](OCc2ccccc2)[C@@H](COCc2ccccc2)OCc2ccccc2)OC(CO[Si](c2ccccc2)(c2ccccc2)C(C)(C)C)(Sc2ccc(C)cc2)C[C@@H]1OCc1ccccc1. The van der Waals surface area contributed by atoms with Gasteiger partial charge in [-0.25, -0.2) is 0 Å². The van der Waals surface area contributed by atoms with E-state index in [2.05, 4.69) is 166 Å². The zero-order valence-corrected chi connectivity index (χ0v) is 44.0. The standard InChI is InChI=1S/C62H69NO7SSi/c1-47-36-38-53(39-37-47)71-62(46-69-72(61(3,4)5,54-32-20-10-21-33-54)55-34-22-11-23-35-55)40-56(66-42-50-26-14-7-15-27-50)58(63-48(2)64)60(70-62)59(68-44-52-30-18-9-19-31-52)57(67-43-51-28-16-8-17-29-51)45-65-41-49-24-12-6-13-25-49/h6-39,56-60H,40-46H2,1-5H3,(H,63,64)/t56-,57+,58+,59+,60+,62?/m0/s1. The molecular formula is C62H69NO7SSi. The molecule has 8 rings (SSSR count). The summed E-state index contributed by atoms with van der Waals surface area (Å²) in [5.74, 6) is -0.215. The van der Waals surface area contributed by atoms with Crippen molar-refractivity contribution in [2.24, 2.45) is 0 Å². The van der Waals surface area contributed by atoms with Crippen molar-refractivity contribution in [3.8, 4) is 0 Å². The van der Waals surface area contributed by atoms with E-state index in [0.29, 0.717) is 19.6 Å². The van der Waals surface area contributed by atoms with E-state index in [0.717, 1.165) is 43.1 Å². The fourth-order valence-electron chi connectivity index (χ4n) is 9.69. The third-order valence-electron chi connectivity index (χ3n) is 13.2. The summed E-state index contributed by atoms with van der Waals surface area (Å²) < 4.78 is 44.0. The molecule has 1 fully saturated rings. The molecule has 0 aromatic heterocycles. The Balaban J connectivity index is 1.29. The van der Waals surface area contributed by atoms with E-state index in [4.69, 9.17) is 28.1 Å². The minimum Gasteiger partial charge on any atom is -0.404 e. The Morgan fingerprint density at radius 2 is 1.10 bits per heavy atom. The van der Waals surface area contributed by atoms with Gasteiger partial charge in [0.1, 0.15) is 23.2 Å². The lowest BCUT2D eigenvalue weighted by molar-refractivity contribution is -0.229. The molecule has 1 unspecified atom stereocenters. The predicted octanol–water partition coefficient (Wildman–Crippen LogP) is 11.6. The van der Waals surface area contributed by atoms with Gasteiger partial charge in [-0.2, -0.15) is 0 Å². The number of rotatable bonds is 23. The van der Waals surface area contributed by atoms with Gasteiger partial charge in [-0.05, 0) is 56.7 Å². The second-order valence-electron chi connectivity index (χ2n) is 19.7. The first-order valence-electron chi connectivity index (χ1n) is 25.0. The molecule has 1 amide bonds. The highest BCUT2D eigenvalue weighted by Crippen LogP contribution is 2.47. The van der Waals surface area contributed by atoms with Crippen LogP contribution in [0.4, 0.5) is 0 Å².